The summed E-state index contributed by atoms with van der Waals surface area (Å²) in [5.41, 5.74) is 5.38. The first-order valence-corrected chi connectivity index (χ1v) is 8.62. The van der Waals surface area contributed by atoms with E-state index in [2.05, 4.69) is 5.32 Å². The van der Waals surface area contributed by atoms with E-state index in [0.717, 1.165) is 25.7 Å². The van der Waals surface area contributed by atoms with Gasteiger partial charge in [0.1, 0.15) is 0 Å². The average molecular weight is 328 g/mol. The summed E-state index contributed by atoms with van der Waals surface area (Å²) in [6.45, 7) is 2.08. The van der Waals surface area contributed by atoms with Crippen LogP contribution in [0.25, 0.3) is 0 Å². The van der Waals surface area contributed by atoms with Gasteiger partial charge in [0.05, 0.1) is 5.75 Å². The summed E-state index contributed by atoms with van der Waals surface area (Å²) < 4.78 is 24.5. The summed E-state index contributed by atoms with van der Waals surface area (Å²) in [7, 11) is -3.04. The van der Waals surface area contributed by atoms with Crippen molar-refractivity contribution < 1.29 is 13.2 Å². The topological polar surface area (TPSA) is 92.5 Å². The molecule has 3 N–H and O–H groups in total. The first kappa shape index (κ1) is 19.6. The number of nitrogens with zero attached hydrogens (tertiary/aromatic N) is 1. The first-order chi connectivity index (χ1) is 9.06. The molecule has 1 heterocycles. The second-order valence-electron chi connectivity index (χ2n) is 4.87. The predicted octanol–water partition coefficient (Wildman–Crippen LogP) is 0.469. The van der Waals surface area contributed by atoms with Crippen LogP contribution in [0.2, 0.25) is 0 Å². The summed E-state index contributed by atoms with van der Waals surface area (Å²) in [6, 6.07) is 0. The molecule has 0 atom stereocenters. The Morgan fingerprint density at radius 3 is 2.50 bits per heavy atom. The van der Waals surface area contributed by atoms with Gasteiger partial charge in [-0.3, -0.25) is 4.79 Å². The van der Waals surface area contributed by atoms with Crippen LogP contribution in [0, 0.1) is 0 Å². The smallest absolute Gasteiger partial charge is 0.220 e. The number of hydrogen-bond donors (Lipinski definition) is 2. The van der Waals surface area contributed by atoms with E-state index in [1.807, 2.05) is 0 Å². The minimum atomic E-state index is -3.04. The lowest BCUT2D eigenvalue weighted by Crippen LogP contribution is -2.35. The molecule has 0 aromatic carbocycles. The Hall–Kier alpha value is -0.370. The molecule has 0 spiro atoms. The zero-order valence-electron chi connectivity index (χ0n) is 11.8. The van der Waals surface area contributed by atoms with Crippen molar-refractivity contribution in [3.8, 4) is 0 Å². The van der Waals surface area contributed by atoms with E-state index in [4.69, 9.17) is 5.73 Å². The van der Waals surface area contributed by atoms with Crippen molar-refractivity contribution in [2.75, 3.05) is 31.9 Å². The Morgan fingerprint density at radius 2 is 1.90 bits per heavy atom. The second kappa shape index (κ2) is 10.4. The third kappa shape index (κ3) is 7.42. The van der Waals surface area contributed by atoms with Crippen molar-refractivity contribution in [3.63, 3.8) is 0 Å². The molecule has 1 saturated heterocycles. The maximum atomic E-state index is 11.5. The van der Waals surface area contributed by atoms with E-state index in [0.29, 0.717) is 39.0 Å². The van der Waals surface area contributed by atoms with Gasteiger partial charge in [-0.25, -0.2) is 12.7 Å². The highest BCUT2D eigenvalue weighted by atomic mass is 35.5. The Balaban J connectivity index is 0.00000361. The molecule has 1 rings (SSSR count). The molecule has 0 aromatic heterocycles. The molecular formula is C12H26ClN3O3S. The number of rotatable bonds is 9. The Bertz CT molecular complexity index is 376. The Labute approximate surface area is 127 Å². The van der Waals surface area contributed by atoms with E-state index in [1.54, 1.807) is 0 Å². The first-order valence-electron chi connectivity index (χ1n) is 7.01. The molecule has 0 aliphatic carbocycles. The third-order valence-electron chi connectivity index (χ3n) is 3.24. The summed E-state index contributed by atoms with van der Waals surface area (Å²) in [6.07, 6.45) is 5.16. The molecule has 6 nitrogen and oxygen atoms in total. The van der Waals surface area contributed by atoms with Crippen LogP contribution in [0.3, 0.4) is 0 Å². The number of sulfonamides is 1. The largest absolute Gasteiger partial charge is 0.355 e. The molecule has 8 heteroatoms. The Kier molecular flexibility index (Phi) is 10.2. The number of hydrogen-bond acceptors (Lipinski definition) is 4. The highest BCUT2D eigenvalue weighted by Gasteiger charge is 2.27. The zero-order chi connectivity index (χ0) is 14.1. The fourth-order valence-corrected chi connectivity index (χ4v) is 3.66. The summed E-state index contributed by atoms with van der Waals surface area (Å²) in [4.78, 5) is 11.5. The monoisotopic (exact) mass is 327 g/mol. The maximum absolute atomic E-state index is 11.5. The number of nitrogens with one attached hydrogen (secondary N) is 1. The fraction of sp³-hybridized carbons (Fsp3) is 0.917. The van der Waals surface area contributed by atoms with Crippen molar-refractivity contribution in [1.29, 1.82) is 0 Å². The highest BCUT2D eigenvalue weighted by Crippen LogP contribution is 2.11. The molecule has 1 fully saturated rings. The van der Waals surface area contributed by atoms with Crippen LogP contribution in [-0.4, -0.2) is 50.6 Å². The number of carbonyl (C=O) groups excluding carboxylic acids is 1. The van der Waals surface area contributed by atoms with Gasteiger partial charge in [-0.2, -0.15) is 0 Å². The molecule has 1 aliphatic heterocycles. The molecule has 20 heavy (non-hydrogen) atoms. The van der Waals surface area contributed by atoms with Crippen molar-refractivity contribution in [2.24, 2.45) is 5.73 Å². The number of nitrogens with two attached hydrogens (primary N) is 1. The second-order valence-corrected chi connectivity index (χ2v) is 6.96. The number of carbonyl (C=O) groups is 1. The maximum Gasteiger partial charge on any atom is 0.220 e. The van der Waals surface area contributed by atoms with Crippen molar-refractivity contribution in [2.45, 2.75) is 38.5 Å². The third-order valence-corrected chi connectivity index (χ3v) is 5.20. The molecule has 0 unspecified atom stereocenters. The van der Waals surface area contributed by atoms with Gasteiger partial charge < -0.3 is 11.1 Å². The van der Waals surface area contributed by atoms with Crippen molar-refractivity contribution in [3.05, 3.63) is 0 Å². The van der Waals surface area contributed by atoms with Crippen LogP contribution in [0.4, 0.5) is 0 Å². The molecule has 120 valence electrons. The van der Waals surface area contributed by atoms with Crippen LogP contribution in [0.15, 0.2) is 0 Å². The van der Waals surface area contributed by atoms with Gasteiger partial charge in [0.2, 0.25) is 15.9 Å². The molecule has 0 bridgehead atoms. The molecule has 1 amide bonds. The van der Waals surface area contributed by atoms with Gasteiger partial charge in [0, 0.05) is 26.1 Å². The molecule has 0 saturated carbocycles. The fourth-order valence-electron chi connectivity index (χ4n) is 2.13. The molecule has 0 radical (unpaired) electrons. The number of unbranched alkanes of at least 4 members (excludes halogenated alkanes) is 3. The van der Waals surface area contributed by atoms with Crippen molar-refractivity contribution >= 4 is 28.3 Å². The quantitative estimate of drug-likeness (QED) is 0.602. The normalized spacial score (nSPS) is 17.6. The number of halogens is 1. The number of amides is 1. The molecule has 0 aromatic rings. The minimum Gasteiger partial charge on any atom is -0.355 e. The average Bonchev–Trinajstić information content (AvgIpc) is 2.69. The van der Waals surface area contributed by atoms with Crippen LogP contribution in [-0.2, 0) is 14.8 Å². The zero-order valence-corrected chi connectivity index (χ0v) is 13.5. The van der Waals surface area contributed by atoms with E-state index in [-0.39, 0.29) is 24.1 Å². The van der Waals surface area contributed by atoms with Crippen LogP contribution in [0.5, 0.6) is 0 Å². The summed E-state index contributed by atoms with van der Waals surface area (Å²) in [5.74, 6) is 0.242. The van der Waals surface area contributed by atoms with Crippen LogP contribution < -0.4 is 11.1 Å². The van der Waals surface area contributed by atoms with Crippen molar-refractivity contribution in [1.82, 2.24) is 9.62 Å². The lowest BCUT2D eigenvalue weighted by atomic mass is 10.1. The van der Waals surface area contributed by atoms with Crippen LogP contribution >= 0.6 is 12.4 Å². The predicted molar refractivity (Wildman–Crippen MR) is 82.4 cm³/mol. The van der Waals surface area contributed by atoms with Gasteiger partial charge in [-0.1, -0.05) is 12.8 Å². The standard InChI is InChI=1S/C12H25N3O3S.ClH/c13-7-4-2-1-3-6-12(16)14-8-10-15-9-5-11-19(15,17)18;/h1-11,13H2,(H,14,16);1H. The van der Waals surface area contributed by atoms with E-state index < -0.39 is 10.0 Å². The SMILES string of the molecule is Cl.NCCCCCCC(=O)NCCN1CCCS1(=O)=O. The summed E-state index contributed by atoms with van der Waals surface area (Å²) >= 11 is 0. The van der Waals surface area contributed by atoms with E-state index in [1.165, 1.54) is 4.31 Å². The van der Waals surface area contributed by atoms with Gasteiger partial charge >= 0.3 is 0 Å². The van der Waals surface area contributed by atoms with Gasteiger partial charge in [0.25, 0.3) is 0 Å². The lowest BCUT2D eigenvalue weighted by Gasteiger charge is -2.14. The summed E-state index contributed by atoms with van der Waals surface area (Å²) in [5, 5.41) is 2.77. The van der Waals surface area contributed by atoms with Gasteiger partial charge in [-0.15, -0.1) is 12.4 Å². The minimum absolute atomic E-state index is 0. The molecule has 1 aliphatic rings. The van der Waals surface area contributed by atoms with Gasteiger partial charge in [-0.05, 0) is 25.8 Å². The lowest BCUT2D eigenvalue weighted by molar-refractivity contribution is -0.121. The van der Waals surface area contributed by atoms with Crippen LogP contribution in [0.1, 0.15) is 38.5 Å². The highest BCUT2D eigenvalue weighted by molar-refractivity contribution is 7.89. The Morgan fingerprint density at radius 1 is 1.20 bits per heavy atom. The van der Waals surface area contributed by atoms with E-state index >= 15 is 0 Å². The molecular weight excluding hydrogens is 302 g/mol. The van der Waals surface area contributed by atoms with Gasteiger partial charge in [0.15, 0.2) is 0 Å². The van der Waals surface area contributed by atoms with E-state index in [9.17, 15) is 13.2 Å².